The van der Waals surface area contributed by atoms with Crippen molar-refractivity contribution in [3.63, 3.8) is 0 Å². The number of likely N-dealkylation sites (N-methyl/N-ethyl adjacent to an activating group) is 1. The van der Waals surface area contributed by atoms with Crippen LogP contribution in [0.5, 0.6) is 0 Å². The molecule has 1 rings (SSSR count). The van der Waals surface area contributed by atoms with Crippen LogP contribution < -0.4 is 5.73 Å². The van der Waals surface area contributed by atoms with Crippen LogP contribution in [0.1, 0.15) is 32.6 Å². The molecule has 2 N–H and O–H groups in total. The van der Waals surface area contributed by atoms with Gasteiger partial charge in [-0.2, -0.15) is 0 Å². The summed E-state index contributed by atoms with van der Waals surface area (Å²) < 4.78 is 5.07. The zero-order valence-electron chi connectivity index (χ0n) is 9.59. The standard InChI is InChI=1S/C11H24N2O/c1-3-13(9-10-14-2)8-7-11(12)5-4-6-11/h3-10,12H2,1-2H3. The first kappa shape index (κ1) is 12.0. The van der Waals surface area contributed by atoms with Crippen molar-refractivity contribution >= 4 is 0 Å². The van der Waals surface area contributed by atoms with Gasteiger partial charge in [0, 0.05) is 19.2 Å². The van der Waals surface area contributed by atoms with E-state index in [1.807, 2.05) is 0 Å². The van der Waals surface area contributed by atoms with Crippen molar-refractivity contribution in [2.45, 2.75) is 38.1 Å². The summed E-state index contributed by atoms with van der Waals surface area (Å²) in [7, 11) is 1.75. The van der Waals surface area contributed by atoms with Gasteiger partial charge in [0.25, 0.3) is 0 Å². The number of hydrogen-bond donors (Lipinski definition) is 1. The summed E-state index contributed by atoms with van der Waals surface area (Å²) in [6.07, 6.45) is 4.90. The van der Waals surface area contributed by atoms with Crippen LogP contribution in [0.2, 0.25) is 0 Å². The molecule has 3 nitrogen and oxygen atoms in total. The molecule has 0 aliphatic heterocycles. The molecule has 0 spiro atoms. The molecule has 3 heteroatoms. The lowest BCUT2D eigenvalue weighted by Gasteiger charge is -2.39. The van der Waals surface area contributed by atoms with Gasteiger partial charge in [-0.1, -0.05) is 6.92 Å². The molecule has 0 aromatic rings. The summed E-state index contributed by atoms with van der Waals surface area (Å²) in [6.45, 7) is 6.27. The largest absolute Gasteiger partial charge is 0.383 e. The van der Waals surface area contributed by atoms with Crippen molar-refractivity contribution in [2.24, 2.45) is 5.73 Å². The third-order valence-corrected chi connectivity index (χ3v) is 3.33. The smallest absolute Gasteiger partial charge is 0.0589 e. The Bertz CT molecular complexity index is 157. The Labute approximate surface area is 87.6 Å². The minimum Gasteiger partial charge on any atom is -0.383 e. The third-order valence-electron chi connectivity index (χ3n) is 3.33. The first-order valence-electron chi connectivity index (χ1n) is 5.70. The van der Waals surface area contributed by atoms with E-state index in [0.29, 0.717) is 0 Å². The van der Waals surface area contributed by atoms with E-state index in [9.17, 15) is 0 Å². The molecule has 0 heterocycles. The SMILES string of the molecule is CCN(CCOC)CCC1(N)CCC1. The molecular weight excluding hydrogens is 176 g/mol. The zero-order chi connectivity index (χ0) is 10.4. The quantitative estimate of drug-likeness (QED) is 0.671. The fourth-order valence-electron chi connectivity index (χ4n) is 1.91. The fourth-order valence-corrected chi connectivity index (χ4v) is 1.91. The highest BCUT2D eigenvalue weighted by Crippen LogP contribution is 2.32. The van der Waals surface area contributed by atoms with E-state index in [1.165, 1.54) is 19.3 Å². The minimum atomic E-state index is 0.167. The predicted molar refractivity (Wildman–Crippen MR) is 59.4 cm³/mol. The number of methoxy groups -OCH3 is 1. The summed E-state index contributed by atoms with van der Waals surface area (Å²) in [6, 6.07) is 0. The normalized spacial score (nSPS) is 19.7. The molecule has 0 amide bonds. The molecule has 1 fully saturated rings. The Morgan fingerprint density at radius 3 is 2.50 bits per heavy atom. The third kappa shape index (κ3) is 3.56. The predicted octanol–water partition coefficient (Wildman–Crippen LogP) is 1.23. The zero-order valence-corrected chi connectivity index (χ0v) is 9.59. The van der Waals surface area contributed by atoms with Gasteiger partial charge in [-0.05, 0) is 38.8 Å². The van der Waals surface area contributed by atoms with E-state index in [2.05, 4.69) is 11.8 Å². The van der Waals surface area contributed by atoms with E-state index < -0.39 is 0 Å². The number of hydrogen-bond acceptors (Lipinski definition) is 3. The van der Waals surface area contributed by atoms with Gasteiger partial charge in [0.2, 0.25) is 0 Å². The molecule has 0 aromatic heterocycles. The maximum Gasteiger partial charge on any atom is 0.0589 e. The van der Waals surface area contributed by atoms with Crippen molar-refractivity contribution < 1.29 is 4.74 Å². The van der Waals surface area contributed by atoms with Crippen LogP contribution in [0.25, 0.3) is 0 Å². The highest BCUT2D eigenvalue weighted by Gasteiger charge is 2.32. The van der Waals surface area contributed by atoms with Gasteiger partial charge in [-0.25, -0.2) is 0 Å². The highest BCUT2D eigenvalue weighted by atomic mass is 16.5. The van der Waals surface area contributed by atoms with Gasteiger partial charge in [0.15, 0.2) is 0 Å². The van der Waals surface area contributed by atoms with E-state index in [1.54, 1.807) is 7.11 Å². The van der Waals surface area contributed by atoms with E-state index in [-0.39, 0.29) is 5.54 Å². The Morgan fingerprint density at radius 1 is 1.36 bits per heavy atom. The second kappa shape index (κ2) is 5.69. The maximum atomic E-state index is 6.18. The van der Waals surface area contributed by atoms with Gasteiger partial charge >= 0.3 is 0 Å². The molecule has 84 valence electrons. The topological polar surface area (TPSA) is 38.5 Å². The van der Waals surface area contributed by atoms with Crippen molar-refractivity contribution in [2.75, 3.05) is 33.4 Å². The van der Waals surface area contributed by atoms with E-state index in [4.69, 9.17) is 10.5 Å². The lowest BCUT2D eigenvalue weighted by molar-refractivity contribution is 0.133. The Morgan fingerprint density at radius 2 is 2.07 bits per heavy atom. The van der Waals surface area contributed by atoms with Gasteiger partial charge in [0.05, 0.1) is 6.61 Å². The molecule has 1 aliphatic rings. The van der Waals surface area contributed by atoms with E-state index in [0.717, 1.165) is 32.7 Å². The summed E-state index contributed by atoms with van der Waals surface area (Å²) in [5, 5.41) is 0. The number of rotatable bonds is 7. The Balaban J connectivity index is 2.13. The summed E-state index contributed by atoms with van der Waals surface area (Å²) in [5.41, 5.74) is 6.34. The van der Waals surface area contributed by atoms with Gasteiger partial charge in [-0.3, -0.25) is 0 Å². The number of nitrogens with zero attached hydrogens (tertiary/aromatic N) is 1. The van der Waals surface area contributed by atoms with Crippen LogP contribution in [0.15, 0.2) is 0 Å². The lowest BCUT2D eigenvalue weighted by Crippen LogP contribution is -2.49. The van der Waals surface area contributed by atoms with Crippen LogP contribution in [0.4, 0.5) is 0 Å². The number of ether oxygens (including phenoxy) is 1. The molecule has 0 saturated heterocycles. The molecule has 1 saturated carbocycles. The minimum absolute atomic E-state index is 0.167. The highest BCUT2D eigenvalue weighted by molar-refractivity contribution is 4.92. The summed E-state index contributed by atoms with van der Waals surface area (Å²) in [5.74, 6) is 0. The summed E-state index contributed by atoms with van der Waals surface area (Å²) >= 11 is 0. The molecule has 0 bridgehead atoms. The van der Waals surface area contributed by atoms with Crippen LogP contribution >= 0.6 is 0 Å². The van der Waals surface area contributed by atoms with Gasteiger partial charge in [-0.15, -0.1) is 0 Å². The molecule has 0 radical (unpaired) electrons. The lowest BCUT2D eigenvalue weighted by atomic mass is 9.75. The molecule has 0 aromatic carbocycles. The van der Waals surface area contributed by atoms with Crippen LogP contribution in [-0.4, -0.2) is 43.8 Å². The van der Waals surface area contributed by atoms with Crippen molar-refractivity contribution in [3.8, 4) is 0 Å². The summed E-state index contributed by atoms with van der Waals surface area (Å²) in [4.78, 5) is 2.41. The fraction of sp³-hybridized carbons (Fsp3) is 1.00. The second-order valence-corrected chi connectivity index (χ2v) is 4.39. The first-order valence-corrected chi connectivity index (χ1v) is 5.70. The number of nitrogens with two attached hydrogens (primary N) is 1. The van der Waals surface area contributed by atoms with Crippen LogP contribution in [0.3, 0.4) is 0 Å². The van der Waals surface area contributed by atoms with Crippen LogP contribution in [-0.2, 0) is 4.74 Å². The van der Waals surface area contributed by atoms with Gasteiger partial charge < -0.3 is 15.4 Å². The van der Waals surface area contributed by atoms with E-state index >= 15 is 0 Å². The van der Waals surface area contributed by atoms with Crippen molar-refractivity contribution in [3.05, 3.63) is 0 Å². The average Bonchev–Trinajstić information content (AvgIpc) is 2.15. The van der Waals surface area contributed by atoms with Crippen LogP contribution in [0, 0.1) is 0 Å². The first-order chi connectivity index (χ1) is 6.70. The molecule has 1 aliphatic carbocycles. The molecule has 14 heavy (non-hydrogen) atoms. The molecular formula is C11H24N2O. The monoisotopic (exact) mass is 200 g/mol. The average molecular weight is 200 g/mol. The maximum absolute atomic E-state index is 6.18. The Kier molecular flexibility index (Phi) is 4.85. The molecule has 0 atom stereocenters. The molecule has 0 unspecified atom stereocenters. The van der Waals surface area contributed by atoms with Gasteiger partial charge in [0.1, 0.15) is 0 Å². The second-order valence-electron chi connectivity index (χ2n) is 4.39. The van der Waals surface area contributed by atoms with Crippen molar-refractivity contribution in [1.82, 2.24) is 4.90 Å². The Hall–Kier alpha value is -0.120. The van der Waals surface area contributed by atoms with Crippen molar-refractivity contribution in [1.29, 1.82) is 0 Å².